The van der Waals surface area contributed by atoms with Gasteiger partial charge < -0.3 is 53.7 Å². The molecule has 1 aromatic carbocycles. The molecule has 3 amide bonds. The molecule has 25 nitrogen and oxygen atoms in total. The molecule has 0 saturated carbocycles. The highest BCUT2D eigenvalue weighted by Crippen LogP contribution is 2.40. The number of ketones is 1. The van der Waals surface area contributed by atoms with E-state index < -0.39 is 23.5 Å². The lowest BCUT2D eigenvalue weighted by Crippen LogP contribution is -2.55. The van der Waals surface area contributed by atoms with Crippen molar-refractivity contribution < 1.29 is 52.8 Å². The Morgan fingerprint density at radius 2 is 1.63 bits per heavy atom. The summed E-state index contributed by atoms with van der Waals surface area (Å²) in [4.78, 5) is 94.6. The summed E-state index contributed by atoms with van der Waals surface area (Å²) >= 11 is 0. The first-order valence-electron chi connectivity index (χ1n) is 28.7. The molecule has 86 heavy (non-hydrogen) atoms. The standard InChI is InChI=1S/C61H72N14O11/c1-40-34-72(59-65-32-43(33-66-59)49-14-13-48-55(78)61(5,6)75(56(48)67-49)35-42-9-8-20-63-51(42)30-62)23-24-74(40)53(76)37-73-36-44(69-70-73)38-83-27-25-82-26-28-84-39-54(77)71-21-17-45(18-22-71)85-46-10-7-11-47(29-46)86-52-15-12-41(31-64-52)57(79)68-50(58(80)81)16-19-60(2,3)4/h7-15,20,29,31-33,36,40,45,50H,16-19,21-28,34-35,37-39H2,1-6H3,(H,68,79)(H,80,81)/t40-,50+/m1/s1. The number of hydrogen-bond donors (Lipinski definition) is 2. The number of aliphatic carboxylic acids is 1. The Labute approximate surface area is 498 Å². The van der Waals surface area contributed by atoms with Crippen molar-refractivity contribution in [2.24, 2.45) is 5.41 Å². The second-order valence-electron chi connectivity index (χ2n) is 23.1. The fourth-order valence-electron chi connectivity index (χ4n) is 10.2. The second kappa shape index (κ2) is 27.8. The Hall–Kier alpha value is -8.99. The highest BCUT2D eigenvalue weighted by Gasteiger charge is 2.45. The van der Waals surface area contributed by atoms with Crippen LogP contribution in [-0.2, 0) is 48.3 Å². The molecule has 2 atom stereocenters. The molecule has 452 valence electrons. The predicted octanol–water partition coefficient (Wildman–Crippen LogP) is 5.93. The maximum atomic E-state index is 13.5. The number of nitrogens with zero attached hydrogens (tertiary/aromatic N) is 13. The molecular weight excluding hydrogens is 1100 g/mol. The van der Waals surface area contributed by atoms with E-state index in [2.05, 4.69) is 41.6 Å². The maximum Gasteiger partial charge on any atom is 0.326 e. The molecule has 25 heteroatoms. The summed E-state index contributed by atoms with van der Waals surface area (Å²) < 4.78 is 30.6. The highest BCUT2D eigenvalue weighted by molar-refractivity contribution is 6.13. The summed E-state index contributed by atoms with van der Waals surface area (Å²) in [6.07, 6.45) is 10.1. The number of nitrogens with one attached hydrogen (secondary N) is 1. The van der Waals surface area contributed by atoms with E-state index in [1.807, 2.05) is 68.4 Å². The van der Waals surface area contributed by atoms with E-state index in [9.17, 15) is 34.3 Å². The van der Waals surface area contributed by atoms with Crippen molar-refractivity contribution in [1.29, 1.82) is 5.26 Å². The predicted molar refractivity (Wildman–Crippen MR) is 312 cm³/mol. The number of carboxylic acid groups (broad SMARTS) is 1. The first-order valence-corrected chi connectivity index (χ1v) is 28.7. The number of carboxylic acids is 1. The monoisotopic (exact) mass is 1180 g/mol. The maximum absolute atomic E-state index is 13.5. The number of ether oxygens (including phenoxy) is 5. The molecule has 0 unspecified atom stereocenters. The van der Waals surface area contributed by atoms with Gasteiger partial charge in [-0.1, -0.05) is 38.1 Å². The van der Waals surface area contributed by atoms with E-state index in [0.717, 1.165) is 0 Å². The average molecular weight is 1180 g/mol. The molecule has 6 aromatic rings. The molecule has 2 N–H and O–H groups in total. The third-order valence-corrected chi connectivity index (χ3v) is 15.1. The number of carbonyl (C=O) groups is 5. The summed E-state index contributed by atoms with van der Waals surface area (Å²) in [5.41, 5.74) is 2.61. The third-order valence-electron chi connectivity index (χ3n) is 15.1. The summed E-state index contributed by atoms with van der Waals surface area (Å²) in [5, 5.41) is 30.2. The average Bonchev–Trinajstić information content (AvgIpc) is 1.67. The SMILES string of the molecule is C[C@@H]1CN(c2ncc(-c3ccc4c(n3)N(Cc3cccnc3C#N)C(C)(C)C4=O)cn2)CCN1C(=O)Cn1cc(COCCOCCOCC(=O)N2CCC(Oc3cccc(Oc4ccc(C(=O)N[C@@H](CCC(C)(C)C)C(=O)O)cn4)c3)CC2)nn1. The molecule has 3 aliphatic rings. The first-order chi connectivity index (χ1) is 41.3. The molecule has 2 fully saturated rings. The largest absolute Gasteiger partial charge is 0.490 e. The van der Waals surface area contributed by atoms with Crippen LogP contribution in [0, 0.1) is 16.7 Å². The van der Waals surface area contributed by atoms with Crippen LogP contribution in [0.1, 0.15) is 105 Å². The van der Waals surface area contributed by atoms with Gasteiger partial charge >= 0.3 is 5.97 Å². The van der Waals surface area contributed by atoms with Crippen molar-refractivity contribution in [2.45, 2.75) is 111 Å². The molecule has 0 radical (unpaired) electrons. The minimum absolute atomic E-state index is 0.0194. The van der Waals surface area contributed by atoms with Crippen LogP contribution in [0.15, 0.2) is 91.6 Å². The fourth-order valence-corrected chi connectivity index (χ4v) is 10.2. The minimum Gasteiger partial charge on any atom is -0.490 e. The Bertz CT molecular complexity index is 3390. The van der Waals surface area contributed by atoms with Crippen LogP contribution in [0.5, 0.6) is 17.4 Å². The Morgan fingerprint density at radius 1 is 0.872 bits per heavy atom. The summed E-state index contributed by atoms with van der Waals surface area (Å²) in [6, 6.07) is 18.4. The zero-order chi connectivity index (χ0) is 61.0. The van der Waals surface area contributed by atoms with E-state index >= 15 is 0 Å². The minimum atomic E-state index is -1.09. The quantitative estimate of drug-likeness (QED) is 0.0628. The van der Waals surface area contributed by atoms with Gasteiger partial charge in [0.15, 0.2) is 5.78 Å². The Balaban J connectivity index is 0.616. The summed E-state index contributed by atoms with van der Waals surface area (Å²) in [6.45, 7) is 15.8. The lowest BCUT2D eigenvalue weighted by molar-refractivity contribution is -0.140. The van der Waals surface area contributed by atoms with Gasteiger partial charge in [0.05, 0.1) is 61.6 Å². The van der Waals surface area contributed by atoms with Crippen molar-refractivity contribution in [2.75, 3.05) is 75.6 Å². The molecule has 2 saturated heterocycles. The number of fused-ring (bicyclic) bond motifs is 1. The van der Waals surface area contributed by atoms with E-state index in [1.54, 1.807) is 72.2 Å². The van der Waals surface area contributed by atoms with Crippen molar-refractivity contribution >= 4 is 41.2 Å². The fraction of sp³-hybridized carbons (Fsp3) is 0.459. The molecule has 0 bridgehead atoms. The van der Waals surface area contributed by atoms with Gasteiger partial charge in [-0.05, 0) is 75.4 Å². The third kappa shape index (κ3) is 15.8. The number of piperidine rings is 1. The Morgan fingerprint density at radius 3 is 2.35 bits per heavy atom. The van der Waals surface area contributed by atoms with E-state index in [4.69, 9.17) is 28.7 Å². The number of anilines is 2. The zero-order valence-corrected chi connectivity index (χ0v) is 49.3. The second-order valence-corrected chi connectivity index (χ2v) is 23.1. The number of aromatic nitrogens is 8. The number of hydrogen-bond acceptors (Lipinski definition) is 20. The molecular formula is C61H72N14O11. The number of rotatable bonds is 25. The van der Waals surface area contributed by atoms with Gasteiger partial charge in [0.1, 0.15) is 60.1 Å². The van der Waals surface area contributed by atoms with E-state index in [1.165, 1.54) is 16.9 Å². The number of carbonyl (C=O) groups excluding carboxylic acids is 4. The van der Waals surface area contributed by atoms with Crippen molar-refractivity contribution in [3.63, 3.8) is 0 Å². The number of piperazine rings is 1. The molecule has 5 aromatic heterocycles. The van der Waals surface area contributed by atoms with Crippen molar-refractivity contribution in [3.8, 4) is 34.7 Å². The number of amides is 3. The number of benzene rings is 1. The van der Waals surface area contributed by atoms with E-state index in [-0.39, 0.29) is 86.1 Å². The van der Waals surface area contributed by atoms with Gasteiger partial charge in [-0.2, -0.15) is 5.26 Å². The van der Waals surface area contributed by atoms with Gasteiger partial charge in [-0.25, -0.2) is 34.4 Å². The molecule has 9 rings (SSSR count). The van der Waals surface area contributed by atoms with Crippen LogP contribution in [0.3, 0.4) is 0 Å². The lowest BCUT2D eigenvalue weighted by atomic mass is 9.88. The van der Waals surface area contributed by atoms with Crippen LogP contribution >= 0.6 is 0 Å². The van der Waals surface area contributed by atoms with E-state index in [0.29, 0.717) is 129 Å². The first kappa shape index (κ1) is 61.6. The number of pyridine rings is 3. The number of Topliss-reactive ketones (excluding diaryl/α,β-unsaturated/α-hetero) is 1. The smallest absolute Gasteiger partial charge is 0.326 e. The lowest BCUT2D eigenvalue weighted by Gasteiger charge is -2.39. The summed E-state index contributed by atoms with van der Waals surface area (Å²) in [5.74, 6) is 0.502. The molecule has 3 aliphatic heterocycles. The van der Waals surface area contributed by atoms with Gasteiger partial charge in [0, 0.05) is 106 Å². The Kier molecular flexibility index (Phi) is 19.9. The zero-order valence-electron chi connectivity index (χ0n) is 49.3. The van der Waals surface area contributed by atoms with Crippen molar-refractivity contribution in [1.82, 2.24) is 55.0 Å². The van der Waals surface area contributed by atoms with Crippen molar-refractivity contribution in [3.05, 3.63) is 120 Å². The number of nitriles is 1. The van der Waals surface area contributed by atoms with Crippen LogP contribution in [-0.4, -0.2) is 174 Å². The number of likely N-dealkylation sites (tertiary alicyclic amines) is 1. The molecule has 0 aliphatic carbocycles. The topological polar surface area (TPSA) is 296 Å². The van der Waals surface area contributed by atoms with Crippen LogP contribution in [0.25, 0.3) is 11.3 Å². The van der Waals surface area contributed by atoms with Gasteiger partial charge in [0.25, 0.3) is 5.91 Å². The highest BCUT2D eigenvalue weighted by atomic mass is 16.5. The summed E-state index contributed by atoms with van der Waals surface area (Å²) in [7, 11) is 0. The van der Waals surface area contributed by atoms with Crippen LogP contribution < -0.4 is 24.6 Å². The van der Waals surface area contributed by atoms with Crippen LogP contribution in [0.4, 0.5) is 11.8 Å². The van der Waals surface area contributed by atoms with Gasteiger partial charge in [0.2, 0.25) is 23.6 Å². The molecule has 8 heterocycles. The van der Waals surface area contributed by atoms with Gasteiger partial charge in [-0.3, -0.25) is 19.2 Å². The van der Waals surface area contributed by atoms with Crippen LogP contribution in [0.2, 0.25) is 0 Å². The normalized spacial score (nSPS) is 16.3. The molecule has 0 spiro atoms. The van der Waals surface area contributed by atoms with Gasteiger partial charge in [-0.15, -0.1) is 5.10 Å².